The van der Waals surface area contributed by atoms with E-state index in [1.165, 1.54) is 33.5 Å². The van der Waals surface area contributed by atoms with Crippen molar-refractivity contribution in [3.05, 3.63) is 70.8 Å². The Morgan fingerprint density at radius 3 is 1.52 bits per heavy atom. The van der Waals surface area contributed by atoms with Crippen LogP contribution in [0.5, 0.6) is 0 Å². The van der Waals surface area contributed by atoms with Crippen molar-refractivity contribution in [2.45, 2.75) is 205 Å². The van der Waals surface area contributed by atoms with Crippen molar-refractivity contribution in [1.82, 2.24) is 36.0 Å². The molecule has 2 aromatic rings. The number of rotatable bonds is 10. The van der Waals surface area contributed by atoms with E-state index in [4.69, 9.17) is 20.4 Å². The Morgan fingerprint density at radius 2 is 1.12 bits per heavy atom. The van der Waals surface area contributed by atoms with Gasteiger partial charge in [0.15, 0.2) is 0 Å². The average Bonchev–Trinajstić information content (AvgIpc) is 4.00. The molecule has 2 aliphatic carbocycles. The highest BCUT2D eigenvalue weighted by atomic mass is 19.4. The van der Waals surface area contributed by atoms with Gasteiger partial charge in [-0.25, -0.2) is 4.79 Å². The summed E-state index contributed by atoms with van der Waals surface area (Å²) in [5.41, 5.74) is 4.14. The molecular formula is C56H80F3N7O11. The van der Waals surface area contributed by atoms with Gasteiger partial charge in [-0.15, -0.1) is 0 Å². The zero-order chi connectivity index (χ0) is 57.6. The highest BCUT2D eigenvalue weighted by molar-refractivity contribution is 5.95. The fourth-order valence-corrected chi connectivity index (χ4v) is 10.3. The molecule has 6 aliphatic rings. The average molecular weight is 1090 g/mol. The van der Waals surface area contributed by atoms with Gasteiger partial charge in [-0.2, -0.15) is 13.2 Å². The summed E-state index contributed by atoms with van der Waals surface area (Å²) < 4.78 is 54.6. The quantitative estimate of drug-likeness (QED) is 0.180. The van der Waals surface area contributed by atoms with Crippen molar-refractivity contribution in [1.29, 1.82) is 0 Å². The second kappa shape index (κ2) is 28.0. The van der Waals surface area contributed by atoms with Gasteiger partial charge in [0.2, 0.25) is 41.7 Å². The minimum Gasteiger partial charge on any atom is -0.444 e. The van der Waals surface area contributed by atoms with Gasteiger partial charge in [0.1, 0.15) is 49.6 Å². The van der Waals surface area contributed by atoms with E-state index in [1.54, 1.807) is 32.6 Å². The Balaban J connectivity index is 0.000000252. The number of benzene rings is 2. The third-order valence-corrected chi connectivity index (χ3v) is 14.6. The van der Waals surface area contributed by atoms with Crippen LogP contribution < -0.4 is 21.3 Å². The van der Waals surface area contributed by atoms with Crippen molar-refractivity contribution in [3.8, 4) is 0 Å². The lowest BCUT2D eigenvalue weighted by Crippen LogP contribution is -2.57. The SMILES string of the molecule is CC.CC[C@@H](C)C(=O)N[C@H]1CCO[C@H]2CC[C@@H](C(=O)N[C@@H]3CCCc4ccccc43)N2C1=O.C[C@@H](C(=O)N[C@H]1CCO[C@H]2CC[C@@H](C(=O)N[C@@H]3CCCc4ccccc43)N2C1=O)N(C)C(=O)OC(C)(C)C.[2H]C(=O)C(F)(F)F. The van der Waals surface area contributed by atoms with Crippen LogP contribution in [0, 0.1) is 5.92 Å². The molecule has 10 atom stereocenters. The number of carbonyl (C=O) groups excluding carboxylic acids is 8. The summed E-state index contributed by atoms with van der Waals surface area (Å²) in [4.78, 5) is 105. The largest absolute Gasteiger partial charge is 0.446 e. The first-order chi connectivity index (χ1) is 36.9. The van der Waals surface area contributed by atoms with Gasteiger partial charge in [-0.1, -0.05) is 76.2 Å². The molecular weight excluding hydrogens is 1000 g/mol. The monoisotopic (exact) mass is 1080 g/mol. The molecule has 4 saturated heterocycles. The summed E-state index contributed by atoms with van der Waals surface area (Å²) in [6.45, 7) is 15.3. The van der Waals surface area contributed by atoms with E-state index in [9.17, 15) is 46.7 Å². The van der Waals surface area contributed by atoms with Crippen LogP contribution in [0.15, 0.2) is 48.5 Å². The van der Waals surface area contributed by atoms with Crippen molar-refractivity contribution >= 4 is 47.8 Å². The molecule has 18 nitrogen and oxygen atoms in total. The summed E-state index contributed by atoms with van der Waals surface area (Å²) in [5.74, 6) is -1.63. The molecule has 4 aliphatic heterocycles. The minimum atomic E-state index is -4.97. The normalized spacial score (nSPS) is 25.5. The maximum Gasteiger partial charge on any atom is 0.446 e. The highest BCUT2D eigenvalue weighted by Crippen LogP contribution is 2.35. The van der Waals surface area contributed by atoms with Crippen LogP contribution in [0.2, 0.25) is 0 Å². The molecule has 8 rings (SSSR count). The molecule has 4 N–H and O–H groups in total. The zero-order valence-electron chi connectivity index (χ0n) is 47.0. The second-order valence-corrected chi connectivity index (χ2v) is 21.0. The Kier molecular flexibility index (Phi) is 21.9. The first kappa shape index (κ1) is 60.1. The molecule has 0 radical (unpaired) electrons. The molecule has 21 heteroatoms. The van der Waals surface area contributed by atoms with Gasteiger partial charge in [-0.05, 0) is 121 Å². The van der Waals surface area contributed by atoms with Crippen LogP contribution in [0.25, 0.3) is 0 Å². The second-order valence-electron chi connectivity index (χ2n) is 21.0. The van der Waals surface area contributed by atoms with E-state index in [1.807, 2.05) is 52.0 Å². The molecule has 4 fully saturated rings. The number of nitrogens with zero attached hydrogens (tertiary/aromatic N) is 3. The topological polar surface area (TPSA) is 222 Å². The Morgan fingerprint density at radius 1 is 0.701 bits per heavy atom. The first-order valence-corrected chi connectivity index (χ1v) is 27.2. The van der Waals surface area contributed by atoms with E-state index in [0.717, 1.165) is 44.1 Å². The predicted molar refractivity (Wildman–Crippen MR) is 279 cm³/mol. The molecule has 0 bridgehead atoms. The minimum absolute atomic E-state index is 0.0274. The van der Waals surface area contributed by atoms with Gasteiger partial charge in [0, 0.05) is 25.8 Å². The number of hydrogen-bond donors (Lipinski definition) is 4. The molecule has 0 unspecified atom stereocenters. The molecule has 4 heterocycles. The molecule has 77 heavy (non-hydrogen) atoms. The van der Waals surface area contributed by atoms with Gasteiger partial charge >= 0.3 is 12.3 Å². The number of amides is 7. The fraction of sp³-hybridized carbons (Fsp3) is 0.643. The first-order valence-electron chi connectivity index (χ1n) is 27.7. The summed E-state index contributed by atoms with van der Waals surface area (Å²) in [7, 11) is 1.48. The molecule has 0 saturated carbocycles. The molecule has 7 amide bonds. The van der Waals surface area contributed by atoms with Crippen LogP contribution in [0.4, 0.5) is 18.0 Å². The third kappa shape index (κ3) is 16.5. The smallest absolute Gasteiger partial charge is 0.444 e. The van der Waals surface area contributed by atoms with Gasteiger partial charge in [0.25, 0.3) is 0 Å². The van der Waals surface area contributed by atoms with Crippen LogP contribution in [0.1, 0.15) is 162 Å². The molecule has 0 spiro atoms. The van der Waals surface area contributed by atoms with Crippen LogP contribution in [-0.4, -0.2) is 137 Å². The number of aldehydes is 1. The summed E-state index contributed by atoms with van der Waals surface area (Å²) >= 11 is 0. The number of alkyl halides is 3. The number of likely N-dealkylation sites (N-methyl/N-ethyl adjacent to an activating group) is 1. The Labute approximate surface area is 452 Å². The number of fused-ring (bicyclic) bond motifs is 4. The van der Waals surface area contributed by atoms with Crippen LogP contribution >= 0.6 is 0 Å². The lowest BCUT2D eigenvalue weighted by atomic mass is 9.87. The zero-order valence-corrected chi connectivity index (χ0v) is 46.0. The fourth-order valence-electron chi connectivity index (χ4n) is 10.3. The predicted octanol–water partition coefficient (Wildman–Crippen LogP) is 6.88. The van der Waals surface area contributed by atoms with E-state index in [2.05, 4.69) is 45.5 Å². The number of hydrogen-bond acceptors (Lipinski definition) is 11. The van der Waals surface area contributed by atoms with Gasteiger partial charge in [0.05, 0.1) is 25.3 Å². The van der Waals surface area contributed by atoms with Gasteiger partial charge < -0.3 is 45.3 Å². The number of ether oxygens (including phenoxy) is 3. The number of nitrogens with one attached hydrogen (secondary N) is 4. The Bertz CT molecular complexity index is 2440. The lowest BCUT2D eigenvalue weighted by Gasteiger charge is -2.33. The maximum absolute atomic E-state index is 13.6. The lowest BCUT2D eigenvalue weighted by molar-refractivity contribution is -0.156. The number of aryl methyl sites for hydroxylation is 2. The van der Waals surface area contributed by atoms with Gasteiger partial charge in [-0.3, -0.25) is 38.5 Å². The molecule has 0 aromatic heterocycles. The van der Waals surface area contributed by atoms with E-state index in [0.29, 0.717) is 45.1 Å². The van der Waals surface area contributed by atoms with E-state index >= 15 is 0 Å². The summed E-state index contributed by atoms with van der Waals surface area (Å²) in [6, 6.07) is 12.7. The number of carbonyl (C=O) groups is 8. The third-order valence-electron chi connectivity index (χ3n) is 14.6. The van der Waals surface area contributed by atoms with Crippen molar-refractivity contribution in [2.75, 3.05) is 20.3 Å². The Hall–Kier alpha value is -6.09. The van der Waals surface area contributed by atoms with Crippen molar-refractivity contribution < 1.29 is 67.1 Å². The van der Waals surface area contributed by atoms with E-state index in [-0.39, 0.29) is 60.6 Å². The van der Waals surface area contributed by atoms with Crippen molar-refractivity contribution in [3.63, 3.8) is 0 Å². The standard InChI is InChI=1S/C28H40N4O6.C24H33N3O4.C2HF3O.C2H6/c1-17(31(5)27(36)38-28(2,3)4)24(33)30-21-15-16-37-23-14-13-22(32(23)26(21)35)25(34)29-20-12-8-10-18-9-6-7-11-19(18)20;1-3-15(2)22(28)26-19-13-14-31-21-12-11-20(27(21)24(19)30)23(29)25-18-10-6-8-16-7-4-5-9-17(16)18;3-2(4,5)1-6;1-2/h6-7,9,11,17,20-23H,8,10,12-16H2,1-5H3,(H,29,34)(H,30,33);4-5,7,9,15,18-21H,3,6,8,10-14H2,1-2H3,(H,25,29)(H,26,28);1H;1-2H3/t17-,20+,21-,22-,23-;15-,18-,19+,20+,21+;;/m01../s1/i;;1D;. The molecule has 2 aromatic carbocycles. The maximum atomic E-state index is 13.6. The van der Waals surface area contributed by atoms with Crippen molar-refractivity contribution in [2.24, 2.45) is 5.92 Å². The highest BCUT2D eigenvalue weighted by Gasteiger charge is 2.48. The van der Waals surface area contributed by atoms with Crippen LogP contribution in [0.3, 0.4) is 0 Å². The van der Waals surface area contributed by atoms with Crippen LogP contribution in [-0.2, 0) is 60.6 Å². The summed E-state index contributed by atoms with van der Waals surface area (Å²) in [6.07, 6.45) is 0.485. The molecule has 426 valence electrons. The summed E-state index contributed by atoms with van der Waals surface area (Å²) in [5, 5.41) is 12.0. The number of halogens is 3. The van der Waals surface area contributed by atoms with E-state index < -0.39 is 72.7 Å².